The van der Waals surface area contributed by atoms with E-state index in [0.717, 1.165) is 38.9 Å². The lowest BCUT2D eigenvalue weighted by Gasteiger charge is -2.22. The summed E-state index contributed by atoms with van der Waals surface area (Å²) in [5.74, 6) is 0. The molecule has 1 unspecified atom stereocenters. The number of ether oxygens (including phenoxy) is 3. The van der Waals surface area contributed by atoms with Gasteiger partial charge in [-0.25, -0.2) is 0 Å². The maximum atomic E-state index is 8.78. The fourth-order valence-corrected chi connectivity index (χ4v) is 2.10. The number of hydrogen-bond donors (Lipinski definition) is 1. The molecule has 2 fully saturated rings. The van der Waals surface area contributed by atoms with Crippen LogP contribution in [0, 0.1) is 0 Å². The van der Waals surface area contributed by atoms with E-state index in [0.29, 0.717) is 6.10 Å². The smallest absolute Gasteiger partial charge is 0.157 e. The van der Waals surface area contributed by atoms with E-state index in [1.807, 2.05) is 0 Å². The van der Waals surface area contributed by atoms with Gasteiger partial charge in [0, 0.05) is 13.2 Å². The highest BCUT2D eigenvalue weighted by molar-refractivity contribution is 4.83. The molecule has 2 heterocycles. The second-order valence-corrected chi connectivity index (χ2v) is 4.56. The van der Waals surface area contributed by atoms with Crippen molar-refractivity contribution in [2.75, 3.05) is 19.8 Å². The normalized spacial score (nSPS) is 33.9. The fourth-order valence-electron chi connectivity index (χ4n) is 2.10. The summed E-state index contributed by atoms with van der Waals surface area (Å²) in [4.78, 5) is 0. The number of aliphatic hydroxyl groups excluding tert-OH is 1. The van der Waals surface area contributed by atoms with Gasteiger partial charge in [0.1, 0.15) is 6.10 Å². The average Bonchev–Trinajstić information content (AvgIpc) is 3.09. The monoisotopic (exact) mass is 230 g/mol. The van der Waals surface area contributed by atoms with Crippen LogP contribution in [-0.4, -0.2) is 43.4 Å². The van der Waals surface area contributed by atoms with Gasteiger partial charge in [0.15, 0.2) is 6.29 Å². The zero-order valence-electron chi connectivity index (χ0n) is 9.77. The summed E-state index contributed by atoms with van der Waals surface area (Å²) in [6, 6.07) is 0. The number of aliphatic hydroxyl groups is 1. The Morgan fingerprint density at radius 2 is 2.12 bits per heavy atom. The minimum Gasteiger partial charge on any atom is -0.394 e. The Labute approximate surface area is 96.9 Å². The van der Waals surface area contributed by atoms with Crippen molar-refractivity contribution in [3.63, 3.8) is 0 Å². The molecule has 0 aromatic carbocycles. The van der Waals surface area contributed by atoms with Gasteiger partial charge in [-0.1, -0.05) is 0 Å². The molecule has 2 rings (SSSR count). The zero-order valence-corrected chi connectivity index (χ0v) is 9.77. The van der Waals surface area contributed by atoms with Crippen LogP contribution in [0.25, 0.3) is 0 Å². The van der Waals surface area contributed by atoms with Gasteiger partial charge in [0.05, 0.1) is 12.7 Å². The topological polar surface area (TPSA) is 51.2 Å². The highest BCUT2D eigenvalue weighted by atomic mass is 16.7. The van der Waals surface area contributed by atoms with Crippen LogP contribution in [0.5, 0.6) is 0 Å². The van der Waals surface area contributed by atoms with Gasteiger partial charge in [0.25, 0.3) is 0 Å². The van der Waals surface area contributed by atoms with Crippen molar-refractivity contribution in [3.05, 3.63) is 0 Å². The second kappa shape index (κ2) is 6.55. The molecule has 16 heavy (non-hydrogen) atoms. The third-order valence-electron chi connectivity index (χ3n) is 3.19. The van der Waals surface area contributed by atoms with Gasteiger partial charge < -0.3 is 19.3 Å². The van der Waals surface area contributed by atoms with Gasteiger partial charge in [0.2, 0.25) is 0 Å². The summed E-state index contributed by atoms with van der Waals surface area (Å²) in [5.41, 5.74) is 0. The maximum Gasteiger partial charge on any atom is 0.157 e. The predicted molar refractivity (Wildman–Crippen MR) is 59.1 cm³/mol. The molecule has 94 valence electrons. The SMILES string of the molecule is OC[C@H]1O[C@@H]1CCCCOC1CCCCO1. The fraction of sp³-hybridized carbons (Fsp3) is 1.00. The lowest BCUT2D eigenvalue weighted by molar-refractivity contribution is -0.162. The van der Waals surface area contributed by atoms with Crippen LogP contribution in [0.1, 0.15) is 38.5 Å². The van der Waals surface area contributed by atoms with Crippen LogP contribution in [0.4, 0.5) is 0 Å². The van der Waals surface area contributed by atoms with Crippen molar-refractivity contribution in [1.82, 2.24) is 0 Å². The van der Waals surface area contributed by atoms with E-state index in [1.165, 1.54) is 12.8 Å². The third kappa shape index (κ3) is 4.01. The Balaban J connectivity index is 1.40. The highest BCUT2D eigenvalue weighted by Gasteiger charge is 2.36. The van der Waals surface area contributed by atoms with Crippen LogP contribution < -0.4 is 0 Å². The first-order valence-corrected chi connectivity index (χ1v) is 6.39. The van der Waals surface area contributed by atoms with Crippen LogP contribution in [0.3, 0.4) is 0 Å². The molecule has 0 amide bonds. The van der Waals surface area contributed by atoms with Gasteiger partial charge in [-0.05, 0) is 38.5 Å². The molecule has 0 radical (unpaired) electrons. The summed E-state index contributed by atoms with van der Waals surface area (Å²) >= 11 is 0. The van der Waals surface area contributed by atoms with E-state index in [2.05, 4.69) is 0 Å². The molecule has 1 N–H and O–H groups in total. The molecular weight excluding hydrogens is 208 g/mol. The summed E-state index contributed by atoms with van der Waals surface area (Å²) in [5, 5.41) is 8.78. The Bertz CT molecular complexity index is 191. The van der Waals surface area contributed by atoms with Crippen molar-refractivity contribution in [1.29, 1.82) is 0 Å². The minimum atomic E-state index is 0.0381. The Kier molecular flexibility index (Phi) is 5.03. The molecule has 0 spiro atoms. The minimum absolute atomic E-state index is 0.0381. The summed E-state index contributed by atoms with van der Waals surface area (Å²) in [6.45, 7) is 1.79. The molecule has 0 aromatic heterocycles. The molecule has 3 atom stereocenters. The summed E-state index contributed by atoms with van der Waals surface area (Å²) < 4.78 is 16.3. The Morgan fingerprint density at radius 1 is 1.19 bits per heavy atom. The predicted octanol–water partition coefficient (Wildman–Crippen LogP) is 1.46. The first kappa shape index (κ1) is 12.3. The first-order chi connectivity index (χ1) is 7.90. The van der Waals surface area contributed by atoms with Gasteiger partial charge >= 0.3 is 0 Å². The number of hydrogen-bond acceptors (Lipinski definition) is 4. The molecule has 4 heteroatoms. The van der Waals surface area contributed by atoms with Crippen LogP contribution in [0.2, 0.25) is 0 Å². The number of epoxide rings is 1. The molecule has 2 aliphatic heterocycles. The molecule has 2 saturated heterocycles. The molecule has 2 aliphatic rings. The van der Waals surface area contributed by atoms with Crippen molar-refractivity contribution < 1.29 is 19.3 Å². The number of rotatable bonds is 7. The van der Waals surface area contributed by atoms with E-state index in [4.69, 9.17) is 19.3 Å². The lowest BCUT2D eigenvalue weighted by atomic mass is 10.1. The molecule has 0 bridgehead atoms. The lowest BCUT2D eigenvalue weighted by Crippen LogP contribution is -2.22. The van der Waals surface area contributed by atoms with E-state index in [1.54, 1.807) is 0 Å². The second-order valence-electron chi connectivity index (χ2n) is 4.56. The molecule has 0 saturated carbocycles. The molecule has 4 nitrogen and oxygen atoms in total. The Hall–Kier alpha value is -0.160. The molecular formula is C12H22O4. The zero-order chi connectivity index (χ0) is 11.2. The van der Waals surface area contributed by atoms with Crippen molar-refractivity contribution in [2.45, 2.75) is 57.0 Å². The maximum absolute atomic E-state index is 8.78. The Morgan fingerprint density at radius 3 is 2.81 bits per heavy atom. The molecule has 0 aromatic rings. The van der Waals surface area contributed by atoms with Gasteiger partial charge in [-0.2, -0.15) is 0 Å². The van der Waals surface area contributed by atoms with Crippen molar-refractivity contribution in [2.24, 2.45) is 0 Å². The number of unbranched alkanes of at least 4 members (excludes halogenated alkanes) is 1. The van der Waals surface area contributed by atoms with Gasteiger partial charge in [-0.3, -0.25) is 0 Å². The van der Waals surface area contributed by atoms with Crippen LogP contribution >= 0.6 is 0 Å². The third-order valence-corrected chi connectivity index (χ3v) is 3.19. The average molecular weight is 230 g/mol. The van der Waals surface area contributed by atoms with E-state index in [-0.39, 0.29) is 19.0 Å². The van der Waals surface area contributed by atoms with Crippen molar-refractivity contribution in [3.8, 4) is 0 Å². The van der Waals surface area contributed by atoms with E-state index in [9.17, 15) is 0 Å². The highest BCUT2D eigenvalue weighted by Crippen LogP contribution is 2.26. The van der Waals surface area contributed by atoms with E-state index < -0.39 is 0 Å². The van der Waals surface area contributed by atoms with Crippen LogP contribution in [-0.2, 0) is 14.2 Å². The van der Waals surface area contributed by atoms with E-state index >= 15 is 0 Å². The quantitative estimate of drug-likeness (QED) is 0.531. The van der Waals surface area contributed by atoms with Crippen LogP contribution in [0.15, 0.2) is 0 Å². The largest absolute Gasteiger partial charge is 0.394 e. The van der Waals surface area contributed by atoms with Crippen molar-refractivity contribution >= 4 is 0 Å². The van der Waals surface area contributed by atoms with Gasteiger partial charge in [-0.15, -0.1) is 0 Å². The first-order valence-electron chi connectivity index (χ1n) is 6.39. The standard InChI is InChI=1S/C12H22O4/c13-9-11-10(16-11)5-1-3-7-14-12-6-2-4-8-15-12/h10-13H,1-9H2/t10-,11-,12?/m1/s1. The summed E-state index contributed by atoms with van der Waals surface area (Å²) in [7, 11) is 0. The molecule has 0 aliphatic carbocycles. The summed E-state index contributed by atoms with van der Waals surface area (Å²) in [6.07, 6.45) is 7.08.